The highest BCUT2D eigenvalue weighted by Gasteiger charge is 2.55. The van der Waals surface area contributed by atoms with Crippen molar-refractivity contribution in [3.8, 4) is 0 Å². The molecule has 0 bridgehead atoms. The summed E-state index contributed by atoms with van der Waals surface area (Å²) in [6, 6.07) is 0.325. The fourth-order valence-electron chi connectivity index (χ4n) is 3.59. The Kier molecular flexibility index (Phi) is 4.21. The van der Waals surface area contributed by atoms with E-state index in [1.165, 1.54) is 0 Å². The average Bonchev–Trinajstić information content (AvgIpc) is 2.63. The summed E-state index contributed by atoms with van der Waals surface area (Å²) in [5.41, 5.74) is 0.0556. The van der Waals surface area contributed by atoms with Gasteiger partial charge in [-0.3, -0.25) is 10.1 Å². The highest BCUT2D eigenvalue weighted by atomic mass is 16.5. The number of nitrogens with zero attached hydrogens (tertiary/aromatic N) is 1. The molecule has 4 atom stereocenters. The van der Waals surface area contributed by atoms with Gasteiger partial charge in [0, 0.05) is 18.6 Å². The predicted octanol–water partition coefficient (Wildman–Crippen LogP) is 2.14. The van der Waals surface area contributed by atoms with Gasteiger partial charge in [-0.15, -0.1) is 0 Å². The first-order valence-electron chi connectivity index (χ1n) is 7.54. The largest absolute Gasteiger partial charge is 0.381 e. The summed E-state index contributed by atoms with van der Waals surface area (Å²) in [5, 5.41) is 3.44. The molecule has 0 spiro atoms. The molecule has 1 aliphatic heterocycles. The maximum absolute atomic E-state index is 12.6. The number of carbonyl (C=O) groups is 1. The van der Waals surface area contributed by atoms with Crippen molar-refractivity contribution in [1.82, 2.24) is 10.2 Å². The van der Waals surface area contributed by atoms with Crippen LogP contribution in [0.25, 0.3) is 0 Å². The van der Waals surface area contributed by atoms with Crippen LogP contribution in [0, 0.1) is 5.41 Å². The molecule has 1 saturated heterocycles. The van der Waals surface area contributed by atoms with Gasteiger partial charge in [-0.1, -0.05) is 33.6 Å². The minimum atomic E-state index is 0.0207. The molecular formula is C15H28N2O2. The van der Waals surface area contributed by atoms with Crippen LogP contribution in [0.3, 0.4) is 0 Å². The number of carbonyl (C=O) groups excluding carboxylic acids is 1. The van der Waals surface area contributed by atoms with Crippen LogP contribution in [0.2, 0.25) is 0 Å². The average molecular weight is 268 g/mol. The van der Waals surface area contributed by atoms with Gasteiger partial charge in [0.1, 0.15) is 0 Å². The van der Waals surface area contributed by atoms with Gasteiger partial charge in [0.05, 0.1) is 18.3 Å². The Hall–Kier alpha value is -0.610. The first-order chi connectivity index (χ1) is 8.93. The van der Waals surface area contributed by atoms with Crippen LogP contribution in [0.15, 0.2) is 0 Å². The molecule has 4 heteroatoms. The summed E-state index contributed by atoms with van der Waals surface area (Å²) in [4.78, 5) is 14.6. The van der Waals surface area contributed by atoms with Gasteiger partial charge in [0.2, 0.25) is 5.91 Å². The Bertz CT molecular complexity index is 343. The van der Waals surface area contributed by atoms with Crippen LogP contribution in [-0.4, -0.2) is 42.3 Å². The molecule has 1 aliphatic carbocycles. The third kappa shape index (κ3) is 2.40. The lowest BCUT2D eigenvalue weighted by molar-refractivity contribution is -0.161. The van der Waals surface area contributed by atoms with Crippen molar-refractivity contribution in [3.63, 3.8) is 0 Å². The number of methoxy groups -OCH3 is 1. The first-order valence-corrected chi connectivity index (χ1v) is 7.54. The van der Waals surface area contributed by atoms with E-state index in [-0.39, 0.29) is 29.6 Å². The van der Waals surface area contributed by atoms with Gasteiger partial charge in [0.25, 0.3) is 0 Å². The molecule has 4 nitrogen and oxygen atoms in total. The summed E-state index contributed by atoms with van der Waals surface area (Å²) >= 11 is 0. The Morgan fingerprint density at radius 2 is 2.16 bits per heavy atom. The SMILES string of the molecule is CCCCC1NC(C)N(C2CC(OC)C2(C)C)C1=O. The Morgan fingerprint density at radius 1 is 1.47 bits per heavy atom. The number of nitrogens with one attached hydrogen (secondary N) is 1. The maximum Gasteiger partial charge on any atom is 0.241 e. The van der Waals surface area contributed by atoms with E-state index in [9.17, 15) is 4.79 Å². The van der Waals surface area contributed by atoms with Crippen LogP contribution in [0.1, 0.15) is 53.4 Å². The van der Waals surface area contributed by atoms with Gasteiger partial charge in [-0.25, -0.2) is 0 Å². The van der Waals surface area contributed by atoms with E-state index >= 15 is 0 Å². The highest BCUT2D eigenvalue weighted by molar-refractivity contribution is 5.84. The molecule has 1 heterocycles. The van der Waals surface area contributed by atoms with E-state index in [0.717, 1.165) is 25.7 Å². The second-order valence-corrected chi connectivity index (χ2v) is 6.58. The molecule has 2 aliphatic rings. The fourth-order valence-corrected chi connectivity index (χ4v) is 3.59. The van der Waals surface area contributed by atoms with Crippen molar-refractivity contribution >= 4 is 5.91 Å². The van der Waals surface area contributed by atoms with Crippen LogP contribution in [-0.2, 0) is 9.53 Å². The minimum absolute atomic E-state index is 0.0207. The van der Waals surface area contributed by atoms with E-state index in [0.29, 0.717) is 6.04 Å². The standard InChI is InChI=1S/C15H28N2O2/c1-6-7-8-11-14(18)17(10(2)16-11)12-9-13(19-5)15(12,3)4/h10-13,16H,6-9H2,1-5H3. The molecule has 1 amide bonds. The second-order valence-electron chi connectivity index (χ2n) is 6.58. The van der Waals surface area contributed by atoms with Crippen molar-refractivity contribution in [2.24, 2.45) is 5.41 Å². The summed E-state index contributed by atoms with van der Waals surface area (Å²) in [6.45, 7) is 8.67. The summed E-state index contributed by atoms with van der Waals surface area (Å²) in [6.07, 6.45) is 4.58. The van der Waals surface area contributed by atoms with Crippen LogP contribution < -0.4 is 5.32 Å². The smallest absolute Gasteiger partial charge is 0.241 e. The zero-order valence-corrected chi connectivity index (χ0v) is 12.9. The van der Waals surface area contributed by atoms with Gasteiger partial charge in [-0.05, 0) is 19.8 Å². The summed E-state index contributed by atoms with van der Waals surface area (Å²) in [7, 11) is 1.76. The van der Waals surface area contributed by atoms with Gasteiger partial charge < -0.3 is 9.64 Å². The van der Waals surface area contributed by atoms with Crippen molar-refractivity contribution in [2.45, 2.75) is 77.7 Å². The summed E-state index contributed by atoms with van der Waals surface area (Å²) in [5.74, 6) is 0.286. The number of ether oxygens (including phenoxy) is 1. The van der Waals surface area contributed by atoms with Crippen molar-refractivity contribution in [3.05, 3.63) is 0 Å². The van der Waals surface area contributed by atoms with E-state index < -0.39 is 0 Å². The van der Waals surface area contributed by atoms with E-state index in [2.05, 4.69) is 37.9 Å². The molecule has 0 radical (unpaired) electrons. The van der Waals surface area contributed by atoms with Crippen molar-refractivity contribution in [1.29, 1.82) is 0 Å². The zero-order chi connectivity index (χ0) is 14.2. The lowest BCUT2D eigenvalue weighted by atomic mass is 9.63. The normalized spacial score (nSPS) is 37.5. The third-order valence-corrected chi connectivity index (χ3v) is 5.00. The molecule has 0 aromatic carbocycles. The number of amides is 1. The number of hydrogen-bond acceptors (Lipinski definition) is 3. The molecule has 1 saturated carbocycles. The zero-order valence-electron chi connectivity index (χ0n) is 12.9. The Balaban J connectivity index is 2.03. The molecule has 0 aromatic heterocycles. The Morgan fingerprint density at radius 3 is 2.68 bits per heavy atom. The summed E-state index contributed by atoms with van der Waals surface area (Å²) < 4.78 is 5.50. The van der Waals surface area contributed by atoms with Crippen LogP contribution >= 0.6 is 0 Å². The van der Waals surface area contributed by atoms with Crippen LogP contribution in [0.5, 0.6) is 0 Å². The fraction of sp³-hybridized carbons (Fsp3) is 0.933. The molecule has 110 valence electrons. The number of unbranched alkanes of at least 4 members (excludes halogenated alkanes) is 1. The van der Waals surface area contributed by atoms with Gasteiger partial charge in [0.15, 0.2) is 0 Å². The lowest BCUT2D eigenvalue weighted by Crippen LogP contribution is -2.64. The molecule has 1 N–H and O–H groups in total. The molecule has 0 aromatic rings. The monoisotopic (exact) mass is 268 g/mol. The quantitative estimate of drug-likeness (QED) is 0.830. The topological polar surface area (TPSA) is 41.6 Å². The lowest BCUT2D eigenvalue weighted by Gasteiger charge is -2.55. The maximum atomic E-state index is 12.6. The number of rotatable bonds is 5. The van der Waals surface area contributed by atoms with Gasteiger partial charge >= 0.3 is 0 Å². The van der Waals surface area contributed by atoms with E-state index in [4.69, 9.17) is 4.74 Å². The second kappa shape index (κ2) is 5.41. The molecule has 19 heavy (non-hydrogen) atoms. The highest BCUT2D eigenvalue weighted by Crippen LogP contribution is 2.47. The van der Waals surface area contributed by atoms with Crippen molar-refractivity contribution in [2.75, 3.05) is 7.11 Å². The first kappa shape index (κ1) is 14.8. The van der Waals surface area contributed by atoms with Crippen molar-refractivity contribution < 1.29 is 9.53 Å². The molecular weight excluding hydrogens is 240 g/mol. The number of hydrogen-bond donors (Lipinski definition) is 1. The van der Waals surface area contributed by atoms with Gasteiger partial charge in [-0.2, -0.15) is 0 Å². The van der Waals surface area contributed by atoms with E-state index in [1.807, 2.05) is 0 Å². The predicted molar refractivity (Wildman–Crippen MR) is 75.7 cm³/mol. The van der Waals surface area contributed by atoms with E-state index in [1.54, 1.807) is 7.11 Å². The molecule has 4 unspecified atom stereocenters. The third-order valence-electron chi connectivity index (χ3n) is 5.00. The Labute approximate surface area is 116 Å². The molecule has 2 fully saturated rings. The minimum Gasteiger partial charge on any atom is -0.381 e. The molecule has 2 rings (SSSR count). The van der Waals surface area contributed by atoms with Crippen LogP contribution in [0.4, 0.5) is 0 Å².